The van der Waals surface area contributed by atoms with Crippen molar-refractivity contribution in [2.75, 3.05) is 5.73 Å². The largest absolute Gasteiger partial charge is 0.456 e. The fourth-order valence-electron chi connectivity index (χ4n) is 4.77. The summed E-state index contributed by atoms with van der Waals surface area (Å²) < 4.78 is 46.7. The standard InChI is InChI=1S/C29H30F3N5O2/c1-16(2)20-8-5-9-21(14-20)27-36-25-23(37(27)15-18-10-12-22(13-11-18)29(30,31)32)24(33)34-26(35-25)28(38)39-17(3)19-6-4-7-19/h5,8-14,16-17,19H,4,6-7,15H2,1-3H3,(H2,33,34,35). The molecule has 10 heteroatoms. The van der Waals surface area contributed by atoms with Crippen molar-refractivity contribution in [3.8, 4) is 11.4 Å². The lowest BCUT2D eigenvalue weighted by atomic mass is 9.82. The lowest BCUT2D eigenvalue weighted by Gasteiger charge is -2.30. The van der Waals surface area contributed by atoms with Gasteiger partial charge in [0.25, 0.3) is 0 Å². The molecular formula is C29H30F3N5O2. The van der Waals surface area contributed by atoms with E-state index in [0.29, 0.717) is 22.8 Å². The number of aromatic nitrogens is 4. The monoisotopic (exact) mass is 537 g/mol. The second-order valence-corrected chi connectivity index (χ2v) is 10.4. The molecule has 1 unspecified atom stereocenters. The maximum atomic E-state index is 13.1. The van der Waals surface area contributed by atoms with Crippen molar-refractivity contribution in [2.24, 2.45) is 5.92 Å². The van der Waals surface area contributed by atoms with Crippen LogP contribution in [0.4, 0.5) is 19.0 Å². The minimum atomic E-state index is -4.43. The van der Waals surface area contributed by atoms with Gasteiger partial charge in [0.15, 0.2) is 11.5 Å². The van der Waals surface area contributed by atoms with E-state index in [4.69, 9.17) is 15.5 Å². The first-order valence-electron chi connectivity index (χ1n) is 13.0. The van der Waals surface area contributed by atoms with Gasteiger partial charge in [0.2, 0.25) is 5.82 Å². The molecular weight excluding hydrogens is 507 g/mol. The summed E-state index contributed by atoms with van der Waals surface area (Å²) in [5.41, 5.74) is 8.72. The number of nitrogens with zero attached hydrogens (tertiary/aromatic N) is 4. The summed E-state index contributed by atoms with van der Waals surface area (Å²) >= 11 is 0. The summed E-state index contributed by atoms with van der Waals surface area (Å²) in [6.07, 6.45) is -1.52. The van der Waals surface area contributed by atoms with Gasteiger partial charge in [-0.05, 0) is 60.9 Å². The van der Waals surface area contributed by atoms with Crippen LogP contribution in [0, 0.1) is 5.92 Å². The van der Waals surface area contributed by atoms with Gasteiger partial charge < -0.3 is 15.0 Å². The lowest BCUT2D eigenvalue weighted by molar-refractivity contribution is -0.137. The molecule has 2 aromatic heterocycles. The molecule has 0 radical (unpaired) electrons. The van der Waals surface area contributed by atoms with Gasteiger partial charge in [-0.3, -0.25) is 0 Å². The molecule has 1 fully saturated rings. The first-order chi connectivity index (χ1) is 18.5. The Morgan fingerprint density at radius 3 is 2.41 bits per heavy atom. The third-order valence-electron chi connectivity index (χ3n) is 7.35. The number of esters is 1. The summed E-state index contributed by atoms with van der Waals surface area (Å²) in [6.45, 7) is 6.20. The zero-order valence-electron chi connectivity index (χ0n) is 22.0. The van der Waals surface area contributed by atoms with E-state index in [1.54, 1.807) is 4.57 Å². The van der Waals surface area contributed by atoms with E-state index in [2.05, 4.69) is 23.8 Å². The fraction of sp³-hybridized carbons (Fsp3) is 0.379. The van der Waals surface area contributed by atoms with Crippen LogP contribution in [-0.4, -0.2) is 31.6 Å². The van der Waals surface area contributed by atoms with Crippen LogP contribution in [0.25, 0.3) is 22.6 Å². The second-order valence-electron chi connectivity index (χ2n) is 10.4. The Kier molecular flexibility index (Phi) is 7.05. The van der Waals surface area contributed by atoms with Gasteiger partial charge in [-0.1, -0.05) is 50.6 Å². The predicted octanol–water partition coefficient (Wildman–Crippen LogP) is 6.61. The number of carbonyl (C=O) groups is 1. The Hall–Kier alpha value is -3.95. The lowest BCUT2D eigenvalue weighted by Crippen LogP contribution is -2.29. The van der Waals surface area contributed by atoms with Crippen LogP contribution in [0.15, 0.2) is 48.5 Å². The Labute approximate surface area is 224 Å². The number of imidazole rings is 1. The number of nitrogens with two attached hydrogens (primary N) is 1. The molecule has 39 heavy (non-hydrogen) atoms. The SMILES string of the molecule is CC(C)c1cccc(-c2nc3nc(C(=O)OC(C)C4CCC4)nc(N)c3n2Cc2ccc(C(F)(F)F)cc2)c1. The van der Waals surface area contributed by atoms with Crippen LogP contribution in [0.3, 0.4) is 0 Å². The normalized spacial score (nSPS) is 14.9. The van der Waals surface area contributed by atoms with Gasteiger partial charge in [-0.2, -0.15) is 13.2 Å². The van der Waals surface area contributed by atoms with Crippen LogP contribution < -0.4 is 5.73 Å². The highest BCUT2D eigenvalue weighted by atomic mass is 19.4. The van der Waals surface area contributed by atoms with E-state index in [1.807, 2.05) is 31.2 Å². The highest BCUT2D eigenvalue weighted by molar-refractivity contribution is 5.92. The first-order valence-corrected chi connectivity index (χ1v) is 13.0. The number of benzene rings is 2. The Morgan fingerprint density at radius 1 is 1.08 bits per heavy atom. The van der Waals surface area contributed by atoms with Gasteiger partial charge >= 0.3 is 12.1 Å². The number of rotatable bonds is 7. The molecule has 1 atom stereocenters. The highest BCUT2D eigenvalue weighted by Crippen LogP contribution is 2.33. The number of nitrogen functional groups attached to an aromatic ring is 1. The molecule has 0 aliphatic heterocycles. The molecule has 0 saturated heterocycles. The number of alkyl halides is 3. The smallest absolute Gasteiger partial charge is 0.416 e. The number of halogens is 3. The molecule has 0 spiro atoms. The van der Waals surface area contributed by atoms with Crippen molar-refractivity contribution in [1.82, 2.24) is 19.5 Å². The number of hydrogen-bond donors (Lipinski definition) is 1. The number of hydrogen-bond acceptors (Lipinski definition) is 6. The molecule has 0 amide bonds. The number of carbonyl (C=O) groups excluding carboxylic acids is 1. The van der Waals surface area contributed by atoms with Crippen LogP contribution in [0.1, 0.15) is 73.3 Å². The quantitative estimate of drug-likeness (QED) is 0.267. The summed E-state index contributed by atoms with van der Waals surface area (Å²) in [7, 11) is 0. The molecule has 4 aromatic rings. The van der Waals surface area contributed by atoms with Crippen molar-refractivity contribution < 1.29 is 22.7 Å². The topological polar surface area (TPSA) is 95.9 Å². The molecule has 5 rings (SSSR count). The minimum absolute atomic E-state index is 0.0360. The van der Waals surface area contributed by atoms with Crippen molar-refractivity contribution in [3.05, 3.63) is 71.0 Å². The van der Waals surface area contributed by atoms with Crippen molar-refractivity contribution >= 4 is 23.0 Å². The van der Waals surface area contributed by atoms with Crippen LogP contribution in [-0.2, 0) is 17.5 Å². The zero-order chi connectivity index (χ0) is 27.9. The third-order valence-corrected chi connectivity index (χ3v) is 7.35. The molecule has 1 aliphatic carbocycles. The van der Waals surface area contributed by atoms with Crippen molar-refractivity contribution in [2.45, 2.75) is 64.8 Å². The van der Waals surface area contributed by atoms with Crippen LogP contribution in [0.5, 0.6) is 0 Å². The molecule has 2 aromatic carbocycles. The van der Waals surface area contributed by atoms with Gasteiger partial charge in [0, 0.05) is 12.1 Å². The fourth-order valence-corrected chi connectivity index (χ4v) is 4.77. The maximum Gasteiger partial charge on any atom is 0.416 e. The summed E-state index contributed by atoms with van der Waals surface area (Å²) in [5.74, 6) is 0.312. The van der Waals surface area contributed by atoms with E-state index in [-0.39, 0.29) is 35.9 Å². The van der Waals surface area contributed by atoms with Crippen LogP contribution >= 0.6 is 0 Å². The average molecular weight is 538 g/mol. The predicted molar refractivity (Wildman–Crippen MR) is 142 cm³/mol. The average Bonchev–Trinajstić information content (AvgIpc) is 3.21. The maximum absolute atomic E-state index is 13.1. The summed E-state index contributed by atoms with van der Waals surface area (Å²) in [6, 6.07) is 12.8. The number of anilines is 1. The Balaban J connectivity index is 1.58. The van der Waals surface area contributed by atoms with Gasteiger partial charge in [0.1, 0.15) is 17.4 Å². The summed E-state index contributed by atoms with van der Waals surface area (Å²) in [5, 5.41) is 0. The molecule has 2 N–H and O–H groups in total. The van der Waals surface area contributed by atoms with E-state index in [9.17, 15) is 18.0 Å². The van der Waals surface area contributed by atoms with E-state index < -0.39 is 17.7 Å². The number of ether oxygens (including phenoxy) is 1. The molecule has 1 saturated carbocycles. The Bertz CT molecular complexity index is 1510. The summed E-state index contributed by atoms with van der Waals surface area (Å²) in [4.78, 5) is 26.2. The van der Waals surface area contributed by atoms with E-state index in [1.165, 1.54) is 12.1 Å². The second kappa shape index (κ2) is 10.3. The molecule has 0 bridgehead atoms. The zero-order valence-corrected chi connectivity index (χ0v) is 22.0. The minimum Gasteiger partial charge on any atom is -0.456 e. The van der Waals surface area contributed by atoms with E-state index >= 15 is 0 Å². The highest BCUT2D eigenvalue weighted by Gasteiger charge is 2.31. The van der Waals surface area contributed by atoms with Gasteiger partial charge in [0.05, 0.1) is 5.56 Å². The molecule has 1 aliphatic rings. The number of fused-ring (bicyclic) bond motifs is 1. The third kappa shape index (κ3) is 5.46. The van der Waals surface area contributed by atoms with Crippen molar-refractivity contribution in [3.63, 3.8) is 0 Å². The first kappa shape index (κ1) is 26.6. The molecule has 204 valence electrons. The molecule has 2 heterocycles. The van der Waals surface area contributed by atoms with Gasteiger partial charge in [-0.25, -0.2) is 19.7 Å². The van der Waals surface area contributed by atoms with Crippen molar-refractivity contribution in [1.29, 1.82) is 0 Å². The van der Waals surface area contributed by atoms with Gasteiger partial charge in [-0.15, -0.1) is 0 Å². The van der Waals surface area contributed by atoms with Crippen LogP contribution in [0.2, 0.25) is 0 Å². The van der Waals surface area contributed by atoms with E-state index in [0.717, 1.165) is 42.5 Å². The molecule has 7 nitrogen and oxygen atoms in total. The Morgan fingerprint density at radius 2 is 1.79 bits per heavy atom.